The first-order valence-electron chi connectivity index (χ1n) is 14.6. The number of hydrogen-bond donors (Lipinski definition) is 1. The van der Waals surface area contributed by atoms with Gasteiger partial charge in [0.2, 0.25) is 0 Å². The Morgan fingerprint density at radius 1 is 1.05 bits per heavy atom. The van der Waals surface area contributed by atoms with E-state index < -0.39 is 0 Å². The molecule has 4 rings (SSSR count). The minimum Gasteiger partial charge on any atom is -0.660 e. The predicted molar refractivity (Wildman–Crippen MR) is 157 cm³/mol. The van der Waals surface area contributed by atoms with E-state index in [1.54, 1.807) is 5.57 Å². The van der Waals surface area contributed by atoms with Crippen LogP contribution in [0, 0.1) is 11.8 Å². The van der Waals surface area contributed by atoms with E-state index in [1.165, 1.54) is 32.1 Å². The van der Waals surface area contributed by atoms with Crippen LogP contribution in [0.15, 0.2) is 60.3 Å². The molecule has 0 aromatic carbocycles. The Kier molecular flexibility index (Phi) is 14.5. The van der Waals surface area contributed by atoms with Gasteiger partial charge >= 0.3 is 0 Å². The minimum atomic E-state index is 0. The van der Waals surface area contributed by atoms with Gasteiger partial charge < -0.3 is 15.4 Å². The Labute approximate surface area is 254 Å². The third-order valence-electron chi connectivity index (χ3n) is 8.32. The van der Waals surface area contributed by atoms with Crippen molar-refractivity contribution in [3.05, 3.63) is 65.6 Å². The van der Waals surface area contributed by atoms with Crippen LogP contribution >= 0.6 is 9.24 Å². The Balaban J connectivity index is 0.00000380. The van der Waals surface area contributed by atoms with Crippen LogP contribution < -0.4 is 5.32 Å². The van der Waals surface area contributed by atoms with Crippen molar-refractivity contribution in [1.82, 2.24) is 10.2 Å². The molecule has 0 aromatic heterocycles. The predicted octanol–water partition coefficient (Wildman–Crippen LogP) is 6.54. The maximum atomic E-state index is 6.46. The van der Waals surface area contributed by atoms with Crippen molar-refractivity contribution in [2.45, 2.75) is 82.2 Å². The van der Waals surface area contributed by atoms with Gasteiger partial charge in [0.15, 0.2) is 0 Å². The average molecular weight is 600 g/mol. The summed E-state index contributed by atoms with van der Waals surface area (Å²) in [7, 11) is 2.99. The molecule has 1 heterocycles. The molecule has 203 valence electrons. The smallest absolute Gasteiger partial charge is 0.0838 e. The van der Waals surface area contributed by atoms with Crippen LogP contribution in [0.2, 0.25) is 0 Å². The number of nitrogens with zero attached hydrogens (tertiary/aromatic N) is 2. The van der Waals surface area contributed by atoms with E-state index in [2.05, 4.69) is 81.1 Å². The van der Waals surface area contributed by atoms with Crippen molar-refractivity contribution in [3.63, 3.8) is 0 Å². The molecule has 1 N–H and O–H groups in total. The summed E-state index contributed by atoms with van der Waals surface area (Å²) in [5, 5.41) is 8.47. The summed E-state index contributed by atoms with van der Waals surface area (Å²) in [4.78, 5) is 2.83. The molecule has 1 saturated heterocycles. The van der Waals surface area contributed by atoms with Gasteiger partial charge in [-0.25, -0.2) is 0 Å². The maximum Gasteiger partial charge on any atom is 0.0838 e. The van der Waals surface area contributed by atoms with Crippen LogP contribution in [0.4, 0.5) is 0 Å². The number of nitrogens with one attached hydrogen (secondary N) is 1. The molecule has 6 atom stereocenters. The molecule has 6 heteroatoms. The maximum absolute atomic E-state index is 6.46. The van der Waals surface area contributed by atoms with Crippen molar-refractivity contribution < 1.29 is 37.4 Å². The Bertz CT molecular complexity index is 821. The van der Waals surface area contributed by atoms with Crippen molar-refractivity contribution in [3.8, 4) is 0 Å². The summed E-state index contributed by atoms with van der Waals surface area (Å²) in [6.07, 6.45) is 32.5. The van der Waals surface area contributed by atoms with Crippen molar-refractivity contribution >= 4 is 9.24 Å². The summed E-state index contributed by atoms with van der Waals surface area (Å²) < 4.78 is 6.46. The van der Waals surface area contributed by atoms with Crippen LogP contribution in [0.5, 0.6) is 0 Å². The van der Waals surface area contributed by atoms with Gasteiger partial charge in [0.1, 0.15) is 0 Å². The zero-order valence-corrected chi connectivity index (χ0v) is 27.1. The van der Waals surface area contributed by atoms with Gasteiger partial charge in [0, 0.05) is 51.7 Å². The van der Waals surface area contributed by atoms with Gasteiger partial charge in [0.25, 0.3) is 0 Å². The van der Waals surface area contributed by atoms with Gasteiger partial charge in [-0.05, 0) is 69.5 Å². The van der Waals surface area contributed by atoms with Gasteiger partial charge in [-0.2, -0.15) is 0 Å². The molecule has 0 saturated carbocycles. The number of hydrogen-bond acceptors (Lipinski definition) is 3. The molecule has 0 amide bonds. The van der Waals surface area contributed by atoms with Gasteiger partial charge in [-0.15, -0.1) is 22.3 Å². The molecule has 4 aliphatic rings. The van der Waals surface area contributed by atoms with E-state index in [0.717, 1.165) is 65.0 Å². The number of morpholine rings is 1. The van der Waals surface area contributed by atoms with Crippen LogP contribution in [0.25, 0.3) is 5.32 Å². The Hall–Kier alpha value is 0.0739. The normalized spacial score (nSPS) is 29.5. The fraction of sp³-hybridized carbons (Fsp3) is 0.677. The summed E-state index contributed by atoms with van der Waals surface area (Å²) in [5.74, 6) is 1.16. The number of ether oxygens (including phenoxy) is 1. The van der Waals surface area contributed by atoms with Crippen molar-refractivity contribution in [2.75, 3.05) is 39.3 Å². The summed E-state index contributed by atoms with van der Waals surface area (Å²) >= 11 is 0. The zero-order valence-electron chi connectivity index (χ0n) is 23.1. The summed E-state index contributed by atoms with van der Waals surface area (Å²) in [5.41, 5.74) is 1.63. The molecule has 6 unspecified atom stereocenters. The average Bonchev–Trinajstić information content (AvgIpc) is 2.92. The second kappa shape index (κ2) is 17.0. The zero-order chi connectivity index (χ0) is 25.1. The number of rotatable bonds is 13. The van der Waals surface area contributed by atoms with E-state index in [1.807, 2.05) is 0 Å². The third-order valence-corrected chi connectivity index (χ3v) is 8.69. The topological polar surface area (TPSA) is 38.6 Å². The van der Waals surface area contributed by atoms with Gasteiger partial charge in [-0.1, -0.05) is 74.4 Å². The fourth-order valence-corrected chi connectivity index (χ4v) is 7.17. The number of allylic oxidation sites excluding steroid dienone is 7. The SMILES string of the molecule is CCCCNCCC[N-]CC1CN(C(C2=CC=CCC2)(C2C=CC=CC2)C2C=CCCC2)CC(P)O1.[Y]. The fourth-order valence-electron chi connectivity index (χ4n) is 6.70. The second-order valence-corrected chi connectivity index (χ2v) is 11.6. The van der Waals surface area contributed by atoms with E-state index in [-0.39, 0.29) is 50.2 Å². The molecule has 1 aliphatic heterocycles. The van der Waals surface area contributed by atoms with E-state index in [4.69, 9.17) is 10.1 Å². The standard InChI is InChI=1S/C31H49N3OP.Y/c1-2-3-20-32-21-13-22-33-23-29-24-34(25-30(36)35-29)31(26-14-7-4-8-15-26,27-16-9-5-10-17-27)28-18-11-6-12-19-28;/h4-5,7-9,11,14,16,18,26,28-30,32H,2-3,6,10,12-13,15,17,19-25,36H2,1H3;/q-1;. The van der Waals surface area contributed by atoms with E-state index in [9.17, 15) is 0 Å². The van der Waals surface area contributed by atoms with Gasteiger partial charge in [-0.3, -0.25) is 4.90 Å². The largest absolute Gasteiger partial charge is 0.660 e. The van der Waals surface area contributed by atoms with Crippen LogP contribution in [-0.2, 0) is 37.4 Å². The van der Waals surface area contributed by atoms with Crippen LogP contribution in [-0.4, -0.2) is 61.7 Å². The molecule has 0 bridgehead atoms. The first-order chi connectivity index (χ1) is 17.7. The molecule has 0 aromatic rings. The first kappa shape index (κ1) is 31.6. The molecule has 0 spiro atoms. The minimum absolute atomic E-state index is 0. The van der Waals surface area contributed by atoms with Crippen LogP contribution in [0.3, 0.4) is 0 Å². The summed E-state index contributed by atoms with van der Waals surface area (Å²) in [6, 6.07) is 0. The Morgan fingerprint density at radius 3 is 2.68 bits per heavy atom. The summed E-state index contributed by atoms with van der Waals surface area (Å²) in [6.45, 7) is 8.07. The monoisotopic (exact) mass is 599 g/mol. The quantitative estimate of drug-likeness (QED) is 0.148. The van der Waals surface area contributed by atoms with Crippen LogP contribution in [0.1, 0.15) is 64.7 Å². The van der Waals surface area contributed by atoms with Gasteiger partial charge in [0.05, 0.1) is 17.5 Å². The molecular weight excluding hydrogens is 550 g/mol. The first-order valence-corrected chi connectivity index (χ1v) is 15.3. The Morgan fingerprint density at radius 2 is 1.95 bits per heavy atom. The van der Waals surface area contributed by atoms with Crippen molar-refractivity contribution in [1.29, 1.82) is 0 Å². The molecule has 37 heavy (non-hydrogen) atoms. The molecular formula is C31H49N3OPY-. The molecule has 4 nitrogen and oxygen atoms in total. The third kappa shape index (κ3) is 8.53. The molecule has 3 aliphatic carbocycles. The second-order valence-electron chi connectivity index (χ2n) is 10.9. The number of unbranched alkanes of at least 4 members (excludes halogenated alkanes) is 1. The van der Waals surface area contributed by atoms with E-state index >= 15 is 0 Å². The molecule has 1 fully saturated rings. The van der Waals surface area contributed by atoms with Crippen molar-refractivity contribution in [2.24, 2.45) is 11.8 Å². The molecule has 1 radical (unpaired) electrons. The van der Waals surface area contributed by atoms with E-state index in [0.29, 0.717) is 11.8 Å².